The van der Waals surface area contributed by atoms with Crippen LogP contribution >= 0.6 is 0 Å². The molecular formula is C10H18N2. The van der Waals surface area contributed by atoms with Crippen LogP contribution in [0.1, 0.15) is 26.7 Å². The van der Waals surface area contributed by atoms with Gasteiger partial charge in [0.15, 0.2) is 0 Å². The predicted molar refractivity (Wildman–Crippen MR) is 50.6 cm³/mol. The second-order valence-electron chi connectivity index (χ2n) is 4.00. The minimum absolute atomic E-state index is 0.602. The zero-order chi connectivity index (χ0) is 8.97. The average molecular weight is 166 g/mol. The van der Waals surface area contributed by atoms with Crippen molar-refractivity contribution < 1.29 is 0 Å². The van der Waals surface area contributed by atoms with Gasteiger partial charge in [-0.25, -0.2) is 11.5 Å². The third kappa shape index (κ3) is 2.49. The molecule has 68 valence electrons. The Kier molecular flexibility index (Phi) is 3.55. The van der Waals surface area contributed by atoms with E-state index in [4.69, 9.17) is 6.57 Å². The second-order valence-corrected chi connectivity index (χ2v) is 4.00. The maximum absolute atomic E-state index is 6.76. The molecule has 1 heterocycles. The molecule has 0 aromatic heterocycles. The molecular weight excluding hydrogens is 148 g/mol. The van der Waals surface area contributed by atoms with Crippen LogP contribution in [-0.4, -0.2) is 24.7 Å². The molecule has 0 N–H and O–H groups in total. The van der Waals surface area contributed by atoms with Crippen molar-refractivity contribution in [1.29, 1.82) is 0 Å². The number of hydrogen-bond donors (Lipinski definition) is 0. The minimum atomic E-state index is 0.602. The molecule has 0 unspecified atom stereocenters. The van der Waals surface area contributed by atoms with Gasteiger partial charge in [-0.2, -0.15) is 0 Å². The van der Waals surface area contributed by atoms with Crippen LogP contribution in [0.5, 0.6) is 0 Å². The molecule has 0 aliphatic carbocycles. The highest BCUT2D eigenvalue weighted by atomic mass is 15.2. The summed E-state index contributed by atoms with van der Waals surface area (Å²) in [6.07, 6.45) is 2.57. The van der Waals surface area contributed by atoms with E-state index in [-0.39, 0.29) is 0 Å². The van der Waals surface area contributed by atoms with Gasteiger partial charge in [-0.1, -0.05) is 13.8 Å². The summed E-state index contributed by atoms with van der Waals surface area (Å²) in [4.78, 5) is 5.66. The standard InChI is InChI=1S/C10H18N2/c1-9(2)10-4-6-12(7-5-10)8-11-3/h9-10H,4-8H2,1-2H3. The van der Waals surface area contributed by atoms with E-state index in [0.29, 0.717) is 6.67 Å². The van der Waals surface area contributed by atoms with Crippen molar-refractivity contribution in [2.75, 3.05) is 19.8 Å². The van der Waals surface area contributed by atoms with Gasteiger partial charge in [-0.05, 0) is 24.7 Å². The molecule has 2 heteroatoms. The lowest BCUT2D eigenvalue weighted by atomic mass is 9.87. The van der Waals surface area contributed by atoms with Crippen LogP contribution in [0.25, 0.3) is 4.85 Å². The molecule has 0 saturated carbocycles. The van der Waals surface area contributed by atoms with Gasteiger partial charge in [0.25, 0.3) is 6.67 Å². The minimum Gasteiger partial charge on any atom is -0.299 e. The van der Waals surface area contributed by atoms with Gasteiger partial charge in [-0.15, -0.1) is 0 Å². The molecule has 0 bridgehead atoms. The third-order valence-corrected chi connectivity index (χ3v) is 2.85. The van der Waals surface area contributed by atoms with Crippen molar-refractivity contribution in [3.63, 3.8) is 0 Å². The lowest BCUT2D eigenvalue weighted by Gasteiger charge is -2.30. The molecule has 0 amide bonds. The second kappa shape index (κ2) is 4.47. The normalized spacial score (nSPS) is 21.2. The molecule has 0 aromatic carbocycles. The largest absolute Gasteiger partial charge is 0.299 e. The summed E-state index contributed by atoms with van der Waals surface area (Å²) in [5.74, 6) is 1.71. The summed E-state index contributed by atoms with van der Waals surface area (Å²) in [5.41, 5.74) is 0. The van der Waals surface area contributed by atoms with Crippen molar-refractivity contribution in [3.05, 3.63) is 11.4 Å². The summed E-state index contributed by atoms with van der Waals surface area (Å²) in [7, 11) is 0. The van der Waals surface area contributed by atoms with E-state index in [9.17, 15) is 0 Å². The first kappa shape index (κ1) is 9.54. The maximum Gasteiger partial charge on any atom is 0.270 e. The molecule has 0 aromatic rings. The first-order chi connectivity index (χ1) is 5.74. The molecule has 1 saturated heterocycles. The lowest BCUT2D eigenvalue weighted by molar-refractivity contribution is 0.170. The number of hydrogen-bond acceptors (Lipinski definition) is 1. The smallest absolute Gasteiger partial charge is 0.270 e. The number of likely N-dealkylation sites (tertiary alicyclic amines) is 1. The predicted octanol–water partition coefficient (Wildman–Crippen LogP) is 2.23. The van der Waals surface area contributed by atoms with Crippen molar-refractivity contribution in [1.82, 2.24) is 4.90 Å². The molecule has 1 aliphatic heterocycles. The quantitative estimate of drug-likeness (QED) is 0.571. The van der Waals surface area contributed by atoms with E-state index in [1.165, 1.54) is 12.8 Å². The van der Waals surface area contributed by atoms with Gasteiger partial charge in [0, 0.05) is 13.1 Å². The SMILES string of the molecule is [C-]#[N+]CN1CCC(C(C)C)CC1. The fraction of sp³-hybridized carbons (Fsp3) is 0.900. The number of rotatable bonds is 2. The van der Waals surface area contributed by atoms with Crippen LogP contribution in [0, 0.1) is 18.4 Å². The number of piperidine rings is 1. The Bertz CT molecular complexity index is 161. The van der Waals surface area contributed by atoms with E-state index in [0.717, 1.165) is 24.9 Å². The maximum atomic E-state index is 6.76. The highest BCUT2D eigenvalue weighted by molar-refractivity contribution is 4.75. The van der Waals surface area contributed by atoms with E-state index in [2.05, 4.69) is 23.6 Å². The van der Waals surface area contributed by atoms with Crippen LogP contribution in [0.4, 0.5) is 0 Å². The zero-order valence-corrected chi connectivity index (χ0v) is 8.08. The molecule has 0 spiro atoms. The van der Waals surface area contributed by atoms with Gasteiger partial charge in [0.2, 0.25) is 0 Å². The van der Waals surface area contributed by atoms with E-state index >= 15 is 0 Å². The fourth-order valence-corrected chi connectivity index (χ4v) is 1.86. The summed E-state index contributed by atoms with van der Waals surface area (Å²) < 4.78 is 0. The first-order valence-electron chi connectivity index (χ1n) is 4.79. The Balaban J connectivity index is 2.26. The fourth-order valence-electron chi connectivity index (χ4n) is 1.86. The van der Waals surface area contributed by atoms with Gasteiger partial charge in [-0.3, -0.25) is 4.85 Å². The molecule has 0 radical (unpaired) electrons. The molecule has 1 aliphatic rings. The zero-order valence-electron chi connectivity index (χ0n) is 8.08. The Hall–Kier alpha value is -0.550. The molecule has 1 rings (SSSR count). The topological polar surface area (TPSA) is 7.60 Å². The third-order valence-electron chi connectivity index (χ3n) is 2.85. The highest BCUT2D eigenvalue weighted by Crippen LogP contribution is 2.23. The summed E-state index contributed by atoms with van der Waals surface area (Å²) in [6, 6.07) is 0. The molecule has 2 nitrogen and oxygen atoms in total. The number of nitrogens with zero attached hydrogens (tertiary/aromatic N) is 2. The van der Waals surface area contributed by atoms with Crippen LogP contribution in [-0.2, 0) is 0 Å². The van der Waals surface area contributed by atoms with Crippen LogP contribution in [0.2, 0.25) is 0 Å². The molecule has 12 heavy (non-hydrogen) atoms. The Morgan fingerprint density at radius 2 is 2.00 bits per heavy atom. The Morgan fingerprint density at radius 3 is 2.42 bits per heavy atom. The van der Waals surface area contributed by atoms with Crippen LogP contribution in [0.3, 0.4) is 0 Å². The average Bonchev–Trinajstić information content (AvgIpc) is 2.06. The van der Waals surface area contributed by atoms with Gasteiger partial charge in [0.1, 0.15) is 0 Å². The summed E-state index contributed by atoms with van der Waals surface area (Å²) >= 11 is 0. The highest BCUT2D eigenvalue weighted by Gasteiger charge is 2.21. The van der Waals surface area contributed by atoms with E-state index in [1.54, 1.807) is 0 Å². The first-order valence-corrected chi connectivity index (χ1v) is 4.79. The van der Waals surface area contributed by atoms with Crippen molar-refractivity contribution >= 4 is 0 Å². The summed E-state index contributed by atoms with van der Waals surface area (Å²) in [6.45, 7) is 14.2. The van der Waals surface area contributed by atoms with E-state index < -0.39 is 0 Å². The van der Waals surface area contributed by atoms with Crippen molar-refractivity contribution in [2.45, 2.75) is 26.7 Å². The van der Waals surface area contributed by atoms with Gasteiger partial charge < -0.3 is 0 Å². The van der Waals surface area contributed by atoms with Gasteiger partial charge >= 0.3 is 0 Å². The van der Waals surface area contributed by atoms with Crippen molar-refractivity contribution in [3.8, 4) is 0 Å². The molecule has 0 atom stereocenters. The Labute approximate surface area is 75.4 Å². The van der Waals surface area contributed by atoms with Gasteiger partial charge in [0.05, 0.1) is 0 Å². The van der Waals surface area contributed by atoms with Crippen molar-refractivity contribution in [2.24, 2.45) is 11.8 Å². The molecule has 1 fully saturated rings. The van der Waals surface area contributed by atoms with Crippen LogP contribution < -0.4 is 0 Å². The summed E-state index contributed by atoms with van der Waals surface area (Å²) in [5, 5.41) is 0. The monoisotopic (exact) mass is 166 g/mol. The van der Waals surface area contributed by atoms with Crippen LogP contribution in [0.15, 0.2) is 0 Å². The Morgan fingerprint density at radius 1 is 1.42 bits per heavy atom. The lowest BCUT2D eigenvalue weighted by Crippen LogP contribution is -2.34. The van der Waals surface area contributed by atoms with E-state index in [1.807, 2.05) is 0 Å².